The molecule has 0 radical (unpaired) electrons. The third kappa shape index (κ3) is 8.72. The summed E-state index contributed by atoms with van der Waals surface area (Å²) in [6.07, 6.45) is 3.69. The summed E-state index contributed by atoms with van der Waals surface area (Å²) in [5, 5.41) is 19.4. The van der Waals surface area contributed by atoms with Gasteiger partial charge in [0, 0.05) is 13.1 Å². The van der Waals surface area contributed by atoms with E-state index in [0.717, 1.165) is 24.8 Å². The first-order valence-corrected chi connectivity index (χ1v) is 15.2. The molecule has 0 unspecified atom stereocenters. The average Bonchev–Trinajstić information content (AvgIpc) is 3.53. The molecule has 2 saturated heterocycles. The van der Waals surface area contributed by atoms with E-state index >= 15 is 0 Å². The molecule has 3 amide bonds. The molecule has 4 rings (SSSR count). The summed E-state index contributed by atoms with van der Waals surface area (Å²) >= 11 is 1.94. The third-order valence-corrected chi connectivity index (χ3v) is 8.75. The van der Waals surface area contributed by atoms with Gasteiger partial charge < -0.3 is 35.3 Å². The topological polar surface area (TPSA) is 159 Å². The van der Waals surface area contributed by atoms with Crippen LogP contribution in [0.1, 0.15) is 44.3 Å². The summed E-state index contributed by atoms with van der Waals surface area (Å²) in [6.45, 7) is 4.18. The fourth-order valence-electron chi connectivity index (χ4n) is 5.00. The highest BCUT2D eigenvalue weighted by Crippen LogP contribution is 2.38. The Morgan fingerprint density at radius 1 is 1.10 bits per heavy atom. The number of morpholine rings is 1. The molecule has 12 nitrogen and oxygen atoms in total. The molecular formula is C29H39IN4O8. The van der Waals surface area contributed by atoms with Crippen molar-refractivity contribution in [2.75, 3.05) is 46.6 Å². The molecular weight excluding hydrogens is 659 g/mol. The molecule has 0 bridgehead atoms. The first-order valence-electron chi connectivity index (χ1n) is 14.2. The lowest BCUT2D eigenvalue weighted by molar-refractivity contribution is -0.136. The molecule has 4 N–H and O–H groups in total. The number of hydrogen-bond donors (Lipinski definition) is 4. The minimum absolute atomic E-state index is 0.110. The van der Waals surface area contributed by atoms with Gasteiger partial charge in [-0.25, -0.2) is 0 Å². The Bertz CT molecular complexity index is 1170. The lowest BCUT2D eigenvalue weighted by Gasteiger charge is -2.29. The average molecular weight is 699 g/mol. The van der Waals surface area contributed by atoms with Gasteiger partial charge in [-0.1, -0.05) is 23.8 Å². The van der Waals surface area contributed by atoms with E-state index in [1.165, 1.54) is 14.0 Å². The van der Waals surface area contributed by atoms with Crippen LogP contribution in [0.5, 0.6) is 5.75 Å². The van der Waals surface area contributed by atoms with E-state index in [1.54, 1.807) is 24.3 Å². The van der Waals surface area contributed by atoms with Crippen molar-refractivity contribution in [3.05, 3.63) is 41.5 Å². The van der Waals surface area contributed by atoms with E-state index in [4.69, 9.17) is 14.2 Å². The molecule has 3 aliphatic rings. The quantitative estimate of drug-likeness (QED) is 0.0954. The highest BCUT2D eigenvalue weighted by Gasteiger charge is 2.52. The Morgan fingerprint density at radius 3 is 2.38 bits per heavy atom. The zero-order chi connectivity index (χ0) is 30.3. The largest absolute Gasteiger partial charge is 0.497 e. The summed E-state index contributed by atoms with van der Waals surface area (Å²) in [7, 11) is 1.51. The van der Waals surface area contributed by atoms with Gasteiger partial charge in [-0.05, 0) is 72.9 Å². The number of rotatable bonds is 14. The van der Waals surface area contributed by atoms with Crippen LogP contribution in [0.25, 0.3) is 0 Å². The number of aliphatic hydroxyl groups excluding tert-OH is 1. The summed E-state index contributed by atoms with van der Waals surface area (Å²) < 4.78 is 14.8. The van der Waals surface area contributed by atoms with Crippen LogP contribution in [0.4, 0.5) is 0 Å². The zero-order valence-corrected chi connectivity index (χ0v) is 26.1. The van der Waals surface area contributed by atoms with Gasteiger partial charge in [0.05, 0.1) is 39.5 Å². The minimum Gasteiger partial charge on any atom is -0.497 e. The van der Waals surface area contributed by atoms with Crippen LogP contribution in [0.15, 0.2) is 35.9 Å². The number of nitrogens with one attached hydrogen (secondary N) is 3. The number of epoxide rings is 1. The number of ketones is 1. The van der Waals surface area contributed by atoms with Gasteiger partial charge in [0.15, 0.2) is 5.78 Å². The van der Waals surface area contributed by atoms with Crippen LogP contribution < -0.4 is 20.7 Å². The van der Waals surface area contributed by atoms with Crippen molar-refractivity contribution in [3.8, 4) is 5.75 Å². The molecule has 1 aliphatic carbocycles. The predicted molar refractivity (Wildman–Crippen MR) is 161 cm³/mol. The first kappa shape index (κ1) is 32.3. The Balaban J connectivity index is 1.48. The molecule has 5 atom stereocenters. The van der Waals surface area contributed by atoms with Crippen LogP contribution in [-0.4, -0.2) is 102 Å². The number of hydrogen-bond acceptors (Lipinski definition) is 9. The number of halogens is 1. The van der Waals surface area contributed by atoms with E-state index in [2.05, 4.69) is 22.0 Å². The molecule has 2 aliphatic heterocycles. The van der Waals surface area contributed by atoms with E-state index in [-0.39, 0.29) is 24.8 Å². The number of benzene rings is 1. The van der Waals surface area contributed by atoms with Gasteiger partial charge in [0.1, 0.15) is 23.9 Å². The molecule has 2 fully saturated rings. The first-order chi connectivity index (χ1) is 20.1. The van der Waals surface area contributed by atoms with Crippen molar-refractivity contribution in [2.45, 2.75) is 60.4 Å². The molecule has 2 heterocycles. The maximum Gasteiger partial charge on any atom is 0.246 e. The Kier molecular flexibility index (Phi) is 11.3. The fourth-order valence-corrected chi connectivity index (χ4v) is 5.53. The molecule has 13 heteroatoms. The van der Waals surface area contributed by atoms with Gasteiger partial charge in [0.2, 0.25) is 21.3 Å². The molecule has 0 aromatic heterocycles. The molecule has 1 aromatic carbocycles. The number of carbonyl (C=O) groups is 4. The summed E-state index contributed by atoms with van der Waals surface area (Å²) in [4.78, 5) is 54.8. The van der Waals surface area contributed by atoms with Crippen molar-refractivity contribution in [3.63, 3.8) is 0 Å². The lowest BCUT2D eigenvalue weighted by Crippen LogP contribution is -2.58. The van der Waals surface area contributed by atoms with Crippen LogP contribution in [0.3, 0.4) is 0 Å². The van der Waals surface area contributed by atoms with E-state index in [9.17, 15) is 24.3 Å². The smallest absolute Gasteiger partial charge is 0.246 e. The lowest BCUT2D eigenvalue weighted by atomic mass is 9.97. The number of amides is 3. The number of allylic oxidation sites excluding steroid dienone is 1. The van der Waals surface area contributed by atoms with Gasteiger partial charge >= 0.3 is 0 Å². The minimum atomic E-state index is -1.46. The van der Waals surface area contributed by atoms with Crippen LogP contribution in [0, 0.1) is 0 Å². The molecule has 230 valence electrons. The normalized spacial score (nSPS) is 23.1. The molecule has 42 heavy (non-hydrogen) atoms. The van der Waals surface area contributed by atoms with E-state index < -0.39 is 39.7 Å². The number of Topliss-reactive ketones (excluding diaryl/α,β-unsaturated/α-hetero) is 1. The van der Waals surface area contributed by atoms with Gasteiger partial charge in [-0.2, -0.15) is 0 Å². The number of carbonyl (C=O) groups excluding carboxylic acids is 4. The van der Waals surface area contributed by atoms with Crippen molar-refractivity contribution in [1.82, 2.24) is 20.9 Å². The Hall–Kier alpha value is -2.59. The number of ether oxygens (including phenoxy) is 3. The standard InChI is InChI=1S/C29H39IN4O8/c1-18(31-23(35)16-34-11-13-41-14-12-34)27(38)33-24(25(36)20-7-9-21(40-2)10-8-20)28(39)32-22(15-19-5-3-4-6-19)26(37)29(30)17-42-29/h5,7-10,18,22,24-25,36H,3-4,6,11-17H2,1-2H3,(H,31,35)(H,32,39)(H,33,38)/t18-,22-,24-,25+,29+/m0/s1. The molecule has 0 spiro atoms. The second kappa shape index (κ2) is 14.7. The van der Waals surface area contributed by atoms with E-state index in [1.807, 2.05) is 27.5 Å². The highest BCUT2D eigenvalue weighted by atomic mass is 127. The maximum absolute atomic E-state index is 13.7. The molecule has 1 aromatic rings. The Morgan fingerprint density at radius 2 is 1.79 bits per heavy atom. The van der Waals surface area contributed by atoms with Crippen molar-refractivity contribution >= 4 is 46.1 Å². The van der Waals surface area contributed by atoms with Crippen LogP contribution in [0.2, 0.25) is 0 Å². The van der Waals surface area contributed by atoms with Crippen LogP contribution >= 0.6 is 22.6 Å². The number of aliphatic hydroxyl groups is 1. The second-order valence-electron chi connectivity index (χ2n) is 10.8. The van der Waals surface area contributed by atoms with Gasteiger partial charge in [0.25, 0.3) is 0 Å². The summed E-state index contributed by atoms with van der Waals surface area (Å²) in [5.74, 6) is -1.44. The Labute approximate surface area is 259 Å². The van der Waals surface area contributed by atoms with Gasteiger partial charge in [-0.3, -0.25) is 24.1 Å². The maximum atomic E-state index is 13.7. The highest BCUT2D eigenvalue weighted by molar-refractivity contribution is 14.1. The second-order valence-corrected chi connectivity index (χ2v) is 12.5. The zero-order valence-electron chi connectivity index (χ0n) is 23.9. The SMILES string of the molecule is COc1ccc([C@@H](O)[C@H](NC(=O)[C@H](C)NC(=O)CN2CCOCC2)C(=O)N[C@@H](CC2=CCCC2)C(=O)[C@@]2(I)CO2)cc1. The monoisotopic (exact) mass is 698 g/mol. The third-order valence-electron chi connectivity index (χ3n) is 7.60. The van der Waals surface area contributed by atoms with Crippen molar-refractivity contribution < 1.29 is 38.5 Å². The van der Waals surface area contributed by atoms with Crippen molar-refractivity contribution in [1.29, 1.82) is 0 Å². The summed E-state index contributed by atoms with van der Waals surface area (Å²) in [5.41, 5.74) is 1.43. The number of alkyl halides is 1. The molecule has 0 saturated carbocycles. The summed E-state index contributed by atoms with van der Waals surface area (Å²) in [6, 6.07) is 3.10. The predicted octanol–water partition coefficient (Wildman–Crippen LogP) is 0.766. The van der Waals surface area contributed by atoms with Gasteiger partial charge in [-0.15, -0.1) is 0 Å². The van der Waals surface area contributed by atoms with Crippen LogP contribution in [-0.2, 0) is 28.7 Å². The fraction of sp³-hybridized carbons (Fsp3) is 0.586. The van der Waals surface area contributed by atoms with E-state index in [0.29, 0.717) is 44.0 Å². The number of methoxy groups -OCH3 is 1. The van der Waals surface area contributed by atoms with Crippen molar-refractivity contribution in [2.24, 2.45) is 0 Å². The number of nitrogens with zero attached hydrogens (tertiary/aromatic N) is 1.